The Labute approximate surface area is 440 Å². The summed E-state index contributed by atoms with van der Waals surface area (Å²) in [6.45, 7) is 2.44. The summed E-state index contributed by atoms with van der Waals surface area (Å²) in [5.74, 6) is 1.85. The van der Waals surface area contributed by atoms with Crippen LogP contribution in [0.5, 0.6) is 11.5 Å². The van der Waals surface area contributed by atoms with Gasteiger partial charge < -0.3 is 36.3 Å². The normalized spacial score (nSPS) is 12.7. The number of ether oxygens (including phenoxy) is 2. The maximum Gasteiger partial charge on any atom is 0.303 e. The number of nitrogens with two attached hydrogens (primary N) is 1. The second kappa shape index (κ2) is 27.6. The summed E-state index contributed by atoms with van der Waals surface area (Å²) < 4.78 is 26.9. The van der Waals surface area contributed by atoms with Gasteiger partial charge in [-0.15, -0.1) is 12.4 Å². The van der Waals surface area contributed by atoms with Gasteiger partial charge in [-0.3, -0.25) is 18.7 Å². The van der Waals surface area contributed by atoms with Gasteiger partial charge in [0.25, 0.3) is 0 Å². The zero-order valence-corrected chi connectivity index (χ0v) is 43.6. The third-order valence-corrected chi connectivity index (χ3v) is 11.0. The molecule has 4 aromatic carbocycles. The molecule has 361 valence electrons. The van der Waals surface area contributed by atoms with Crippen molar-refractivity contribution in [1.29, 1.82) is 2.67 Å². The van der Waals surface area contributed by atoms with Gasteiger partial charge in [-0.25, -0.2) is 19.9 Å². The van der Waals surface area contributed by atoms with E-state index in [2.05, 4.69) is 65.1 Å². The number of aryl methyl sites for hydroxylation is 2. The van der Waals surface area contributed by atoms with Crippen LogP contribution in [0.1, 0.15) is 62.5 Å². The number of unbranched alkanes of at least 4 members (excludes halogenated alkanes) is 1. The van der Waals surface area contributed by atoms with Crippen LogP contribution in [0.25, 0.3) is 33.7 Å². The van der Waals surface area contributed by atoms with Crippen LogP contribution in [0.15, 0.2) is 122 Å². The van der Waals surface area contributed by atoms with E-state index in [4.69, 9.17) is 28.0 Å². The summed E-state index contributed by atoms with van der Waals surface area (Å²) in [7, 11) is 0.500. The van der Waals surface area contributed by atoms with E-state index in [1.165, 1.54) is 11.1 Å². The summed E-state index contributed by atoms with van der Waals surface area (Å²) >= 11 is 0. The topological polar surface area (TPSA) is 222 Å². The maximum absolute atomic E-state index is 12.0. The number of anilines is 4. The molecule has 8 aromatic rings. The molecule has 0 aliphatic carbocycles. The Kier molecular flexibility index (Phi) is 20.3. The van der Waals surface area contributed by atoms with Gasteiger partial charge in [-0.2, -0.15) is 9.97 Å². The van der Waals surface area contributed by atoms with Crippen molar-refractivity contribution < 1.29 is 55.3 Å². The maximum atomic E-state index is 12.0. The van der Waals surface area contributed by atoms with Crippen molar-refractivity contribution in [2.45, 2.75) is 64.2 Å². The van der Waals surface area contributed by atoms with Gasteiger partial charge in [0.15, 0.2) is 11.3 Å². The van der Waals surface area contributed by atoms with Crippen molar-refractivity contribution in [1.82, 2.24) is 44.4 Å². The first-order chi connectivity index (χ1) is 34.3. The number of nitrogens with one attached hydrogen (secondary N) is 3. The summed E-state index contributed by atoms with van der Waals surface area (Å²) in [5.41, 5.74) is 14.6. The van der Waals surface area contributed by atoms with Gasteiger partial charge in [0.05, 0.1) is 33.9 Å². The Morgan fingerprint density at radius 3 is 2.17 bits per heavy atom. The van der Waals surface area contributed by atoms with E-state index in [1.807, 2.05) is 81.9 Å². The number of carbonyl (C=O) groups is 2. The second-order valence-electron chi connectivity index (χ2n) is 16.0. The summed E-state index contributed by atoms with van der Waals surface area (Å²) in [6.07, 6.45) is 14.3. The molecular weight excluding hydrogens is 1130 g/mol. The Balaban J connectivity index is 0.000000247. The predicted octanol–water partition coefficient (Wildman–Crippen LogP) is 7.76. The van der Waals surface area contributed by atoms with E-state index in [9.17, 15) is 9.59 Å². The van der Waals surface area contributed by atoms with Gasteiger partial charge in [0.2, 0.25) is 17.8 Å². The van der Waals surface area contributed by atoms with Crippen LogP contribution in [0.3, 0.4) is 0 Å². The minimum absolute atomic E-state index is 0. The van der Waals surface area contributed by atoms with E-state index in [0.29, 0.717) is 77.0 Å². The Morgan fingerprint density at radius 2 is 1.49 bits per heavy atom. The molecule has 20 heteroatoms. The van der Waals surface area contributed by atoms with Crippen molar-refractivity contribution in [2.75, 3.05) is 36.9 Å². The average Bonchev–Trinajstić information content (AvgIpc) is 4.00. The summed E-state index contributed by atoms with van der Waals surface area (Å²) in [4.78, 5) is 49.6. The molecule has 17 nitrogen and oxygen atoms in total. The number of hydrogen-bond donors (Lipinski definition) is 5. The number of fused-ring (bicyclic) bond motifs is 3. The SMILES string of the molecule is Cl.NCCCc1ccc(Nc2ncc3ncn(-c4ccc(OCCCCC(=O)O)cc4)c3n2)cc1.O=C1CCCCOc2ccc(cc2)-n2cnc3cnc(nc32)Nc2ccc(cc2)CCCN1.[3H][B][3H].[U]. The first-order valence-electron chi connectivity index (χ1n) is 23.8. The van der Waals surface area contributed by atoms with Crippen molar-refractivity contribution in [2.24, 2.45) is 5.73 Å². The largest absolute Gasteiger partial charge is 0.494 e. The van der Waals surface area contributed by atoms with Crippen LogP contribution in [-0.4, -0.2) is 93.3 Å². The van der Waals surface area contributed by atoms with E-state index >= 15 is 0 Å². The molecule has 0 saturated heterocycles. The number of nitrogens with zero attached hydrogens (tertiary/aromatic N) is 8. The number of aromatic nitrogens is 8. The third-order valence-electron chi connectivity index (χ3n) is 11.0. The minimum Gasteiger partial charge on any atom is -0.494 e. The van der Waals surface area contributed by atoms with Crippen LogP contribution in [0, 0.1) is 31.1 Å². The first kappa shape index (κ1) is 51.3. The van der Waals surface area contributed by atoms with Crippen molar-refractivity contribution >= 4 is 78.2 Å². The Morgan fingerprint density at radius 1 is 0.814 bits per heavy atom. The van der Waals surface area contributed by atoms with Crippen LogP contribution < -0.4 is 31.2 Å². The van der Waals surface area contributed by atoms with Crippen molar-refractivity contribution in [3.63, 3.8) is 0 Å². The number of carbonyl (C=O) groups excluding carboxylic acids is 1. The van der Waals surface area contributed by atoms with Gasteiger partial charge in [-0.05, 0) is 145 Å². The molecule has 3 aliphatic rings. The molecule has 6 N–H and O–H groups in total. The number of benzene rings is 4. The molecule has 0 fully saturated rings. The molecule has 6 bridgehead atoms. The number of rotatable bonds is 12. The second-order valence-corrected chi connectivity index (χ2v) is 16.0. The van der Waals surface area contributed by atoms with Crippen LogP contribution in [0.2, 0.25) is 0 Å². The van der Waals surface area contributed by atoms with Crippen LogP contribution >= 0.6 is 12.4 Å². The molecule has 0 saturated carbocycles. The molecule has 11 rings (SSSR count). The number of carboxylic acids is 1. The minimum atomic E-state index is -0.782. The molecule has 0 atom stereocenters. The fourth-order valence-corrected chi connectivity index (χ4v) is 7.35. The van der Waals surface area contributed by atoms with Crippen LogP contribution in [0.4, 0.5) is 23.3 Å². The fraction of sp³-hybridized carbons (Fsp3) is 0.280. The summed E-state index contributed by atoms with van der Waals surface area (Å²) in [5, 5.41) is 18.2. The molecule has 70 heavy (non-hydrogen) atoms. The smallest absolute Gasteiger partial charge is 0.303 e. The molecular formula is C50H57BClN12O5U. The molecule has 3 aliphatic heterocycles. The van der Waals surface area contributed by atoms with Crippen molar-refractivity contribution in [3.8, 4) is 22.9 Å². The fourth-order valence-electron chi connectivity index (χ4n) is 7.35. The quantitative estimate of drug-likeness (QED) is 0.0583. The zero-order chi connectivity index (χ0) is 48.9. The van der Waals surface area contributed by atoms with Gasteiger partial charge in [0, 0.05) is 73.2 Å². The number of imidazole rings is 2. The summed E-state index contributed by atoms with van der Waals surface area (Å²) in [6, 6.07) is 31.9. The van der Waals surface area contributed by atoms with E-state index in [-0.39, 0.29) is 55.8 Å². The molecule has 1 amide bonds. The Bertz CT molecular complexity index is 2900. The average molecular weight is 1190 g/mol. The van der Waals surface area contributed by atoms with Gasteiger partial charge >= 0.3 is 5.97 Å². The standard InChI is InChI=1S/C25H28N6O3.C25H26N6O2.BH2.ClH.U/c26-14-3-4-18-6-8-19(9-7-18)29-25-27-16-22-24(30-25)31(17-28-22)20-10-12-21(13-11-20)34-15-2-1-5-23(32)33;32-23-5-1-2-15-33-21-12-10-20(11-13-21)31-17-28-22-16-27-25(30-24(22)31)29-19-8-6-18(7-9-19)4-3-14-26-23;;;/h6-13,16-17H,1-5,14-15,26H2,(H,32,33)(H,27,29,30);6-13,16-17H,1-5,14-15H2,(H,26,32)(H,27,29,30);1H2;1H;/i;;1T2;;. The predicted molar refractivity (Wildman–Crippen MR) is 274 cm³/mol. The number of hydrogen-bond acceptors (Lipinski definition) is 13. The molecule has 0 unspecified atom stereocenters. The molecule has 1 radical (unpaired) electrons. The third kappa shape index (κ3) is 15.5. The van der Waals surface area contributed by atoms with E-state index < -0.39 is 5.97 Å². The molecule has 7 heterocycles. The number of halogens is 1. The first-order valence-corrected chi connectivity index (χ1v) is 22.6. The monoisotopic (exact) mass is 1190 g/mol. The van der Waals surface area contributed by atoms with Crippen molar-refractivity contribution in [3.05, 3.63) is 133 Å². The Hall–Kier alpha value is -6.51. The number of carboxylic acid groups (broad SMARTS) is 1. The number of amides is 1. The van der Waals surface area contributed by atoms with E-state index in [0.717, 1.165) is 83.9 Å². The molecule has 4 aromatic heterocycles. The zero-order valence-electron chi connectivity index (χ0n) is 40.7. The van der Waals surface area contributed by atoms with Crippen LogP contribution in [-0.2, 0) is 22.4 Å². The number of aliphatic carboxylic acids is 1. The van der Waals surface area contributed by atoms with Gasteiger partial charge in [0.1, 0.15) is 35.2 Å². The molecule has 0 spiro atoms. The van der Waals surface area contributed by atoms with E-state index in [1.54, 1.807) is 25.0 Å². The van der Waals surface area contributed by atoms with Gasteiger partial charge in [-0.1, -0.05) is 24.3 Å².